The average Bonchev–Trinajstić information content (AvgIpc) is 1.59. The summed E-state index contributed by atoms with van der Waals surface area (Å²) < 4.78 is 0. The van der Waals surface area contributed by atoms with E-state index in [4.69, 9.17) is 11.5 Å². The van der Waals surface area contributed by atoms with Crippen LogP contribution >= 0.6 is 21.6 Å². The molecule has 45 nitrogen and oxygen atoms in total. The Morgan fingerprint density at radius 3 is 1.66 bits per heavy atom. The molecule has 4 saturated heterocycles. The molecular weight excluding hydrogens is 1910 g/mol. The highest BCUT2D eigenvalue weighted by molar-refractivity contribution is 8.76. The van der Waals surface area contributed by atoms with Gasteiger partial charge in [0, 0.05) is 137 Å². The van der Waals surface area contributed by atoms with Gasteiger partial charge in [-0.1, -0.05) is 121 Å². The number of aliphatic hydroxyl groups is 1. The smallest absolute Gasteiger partial charge is 0.317 e. The normalized spacial score (nSPS) is 21.6. The zero-order valence-electron chi connectivity index (χ0n) is 81.4. The number of para-hydroxylation sites is 2. The Morgan fingerprint density at radius 1 is 0.542 bits per heavy atom. The van der Waals surface area contributed by atoms with Crippen LogP contribution in [0, 0.1) is 11.3 Å². The number of aromatic nitrogens is 2. The number of aliphatic hydroxyl groups excluding tert-OH is 1. The zero-order valence-corrected chi connectivity index (χ0v) is 83.0. The molecule has 13 atom stereocenters. The molecule has 6 aromatic rings. The number of primary amides is 2. The van der Waals surface area contributed by atoms with E-state index in [1.165, 1.54) is 18.7 Å². The van der Waals surface area contributed by atoms with Crippen LogP contribution in [0.25, 0.3) is 32.6 Å². The van der Waals surface area contributed by atoms with Gasteiger partial charge in [0.25, 0.3) is 0 Å². The maximum atomic E-state index is 15.8. The second-order valence-corrected chi connectivity index (χ2v) is 40.6. The third-order valence-corrected chi connectivity index (χ3v) is 27.9. The van der Waals surface area contributed by atoms with Gasteiger partial charge in [-0.2, -0.15) is 0 Å². The van der Waals surface area contributed by atoms with Gasteiger partial charge in [0.15, 0.2) is 0 Å². The number of nitrogens with one attached hydrogen (secondary N) is 15. The molecule has 0 saturated carbocycles. The van der Waals surface area contributed by atoms with E-state index in [0.717, 1.165) is 37.9 Å². The van der Waals surface area contributed by atoms with Gasteiger partial charge in [-0.25, -0.2) is 0 Å². The first-order valence-corrected chi connectivity index (χ1v) is 50.8. The quantitative estimate of drug-likeness (QED) is 0.0108. The van der Waals surface area contributed by atoms with Crippen molar-refractivity contribution in [3.8, 4) is 0 Å². The minimum absolute atomic E-state index is 0.0225. The Balaban J connectivity index is 1.02. The van der Waals surface area contributed by atoms with E-state index in [2.05, 4.69) is 79.1 Å². The van der Waals surface area contributed by atoms with E-state index in [1.54, 1.807) is 132 Å². The molecule has 47 heteroatoms. The number of carboxylic acids is 3. The number of unbranched alkanes of at least 4 members (excludes halogenated alkanes) is 1. The lowest BCUT2D eigenvalue weighted by Crippen LogP contribution is -2.62. The summed E-state index contributed by atoms with van der Waals surface area (Å²) in [6.07, 6.45) is -0.000111. The Labute approximate surface area is 839 Å². The van der Waals surface area contributed by atoms with Gasteiger partial charge in [0.05, 0.1) is 45.1 Å². The Bertz CT molecular complexity index is 5520. The van der Waals surface area contributed by atoms with Gasteiger partial charge < -0.3 is 121 Å². The van der Waals surface area contributed by atoms with Crippen LogP contribution in [0.2, 0.25) is 0 Å². The summed E-state index contributed by atoms with van der Waals surface area (Å²) in [6.45, 7) is 8.99. The number of aromatic amines is 2. The van der Waals surface area contributed by atoms with Crippen LogP contribution in [0.15, 0.2) is 103 Å². The lowest BCUT2D eigenvalue weighted by atomic mass is 9.87. The van der Waals surface area contributed by atoms with Crippen molar-refractivity contribution < 1.29 is 112 Å². The van der Waals surface area contributed by atoms with Gasteiger partial charge in [-0.15, -0.1) is 0 Å². The minimum Gasteiger partial charge on any atom is -0.481 e. The summed E-state index contributed by atoms with van der Waals surface area (Å²) in [5.74, 6) is -20.5. The fourth-order valence-electron chi connectivity index (χ4n) is 18.0. The highest BCUT2D eigenvalue weighted by atomic mass is 33.1. The topological polar surface area (TPSA) is 661 Å². The molecule has 6 heterocycles. The number of nitrogens with two attached hydrogens (primary N) is 2. The monoisotopic (exact) mass is 2040 g/mol. The highest BCUT2D eigenvalue weighted by Gasteiger charge is 2.43. The number of hydrogen-bond acceptors (Lipinski definition) is 27. The van der Waals surface area contributed by atoms with Gasteiger partial charge in [0.2, 0.25) is 88.6 Å². The number of aliphatic carboxylic acids is 3. The van der Waals surface area contributed by atoms with Crippen molar-refractivity contribution in [2.24, 2.45) is 22.8 Å². The average molecular weight is 2040 g/mol. The fraction of sp³-hybridized carbons (Fsp3) is 0.536. The number of hydrogen-bond donors (Lipinski definition) is 21. The Kier molecular flexibility index (Phi) is 43.1. The number of aldehydes is 1. The van der Waals surface area contributed by atoms with E-state index in [0.29, 0.717) is 71.6 Å². The molecule has 0 aliphatic carbocycles. The van der Waals surface area contributed by atoms with Gasteiger partial charge >= 0.3 is 17.9 Å². The van der Waals surface area contributed by atoms with Crippen molar-refractivity contribution in [3.63, 3.8) is 0 Å². The predicted octanol–water partition coefficient (Wildman–Crippen LogP) is -2.51. The van der Waals surface area contributed by atoms with Gasteiger partial charge in [0.1, 0.15) is 78.8 Å². The van der Waals surface area contributed by atoms with Crippen LogP contribution in [0.5, 0.6) is 0 Å². The minimum atomic E-state index is -2.17. The number of rotatable bonds is 38. The van der Waals surface area contributed by atoms with E-state index in [1.807, 2.05) is 12.1 Å². The van der Waals surface area contributed by atoms with Crippen LogP contribution in [-0.4, -0.2) is 363 Å². The van der Waals surface area contributed by atoms with E-state index < -0.39 is 221 Å². The zero-order chi connectivity index (χ0) is 104. The molecule has 10 rings (SSSR count). The first-order valence-electron chi connectivity index (χ1n) is 48.3. The van der Waals surface area contributed by atoms with Crippen molar-refractivity contribution in [2.45, 2.75) is 203 Å². The number of piperidine rings is 1. The third-order valence-electron chi connectivity index (χ3n) is 25.5. The second-order valence-electron chi connectivity index (χ2n) is 38.1. The number of H-pyrrole nitrogens is 2. The van der Waals surface area contributed by atoms with Crippen LogP contribution in [-0.2, 0) is 110 Å². The molecule has 0 bridgehead atoms. The molecule has 0 radical (unpaired) electrons. The number of carbonyl (C=O) groups excluding carboxylic acids is 16. The molecule has 15 amide bonds. The highest BCUT2D eigenvalue weighted by Crippen LogP contribution is 2.30. The molecule has 4 fully saturated rings. The van der Waals surface area contributed by atoms with Crippen molar-refractivity contribution in [3.05, 3.63) is 120 Å². The number of carboxylic acid groups (broad SMARTS) is 3. The molecule has 0 unspecified atom stereocenters. The van der Waals surface area contributed by atoms with Gasteiger partial charge in [-0.3, -0.25) is 106 Å². The number of fused-ring (bicyclic) bond motifs is 3. The molecule has 144 heavy (non-hydrogen) atoms. The third kappa shape index (κ3) is 35.4. The first-order chi connectivity index (χ1) is 68.6. The van der Waals surface area contributed by atoms with Crippen LogP contribution in [0.1, 0.15) is 122 Å². The summed E-state index contributed by atoms with van der Waals surface area (Å²) in [7, 11) is 1.55. The van der Waals surface area contributed by atoms with Gasteiger partial charge in [-0.05, 0) is 129 Å². The largest absolute Gasteiger partial charge is 0.481 e. The number of benzene rings is 4. The van der Waals surface area contributed by atoms with Crippen LogP contribution < -0.4 is 80.6 Å². The molecule has 0 spiro atoms. The van der Waals surface area contributed by atoms with Crippen molar-refractivity contribution in [1.29, 1.82) is 0 Å². The fourth-order valence-corrected chi connectivity index (χ4v) is 20.3. The van der Waals surface area contributed by atoms with Crippen molar-refractivity contribution >= 4 is 167 Å². The lowest BCUT2D eigenvalue weighted by molar-refractivity contribution is -0.142. The standard InChI is InChI=1S/C97H134N22O23S2/c1-56(121)84(114-91(137)71(104-57(2)122)44-62-49-102-66-19-10-8-17-64(62)66)95(141)111-75(48-97(3,4)5)92(138)113-76-54-143-144-55-77(94(140)110-74(96(142)119-30-14-22-78(119)85(99)131)45-63-50-103-67-20-11-9-18-65(63)67)112-90(136)73(47-81(125)126)109-86(132)68(21-12-13-27-101-80(124)51-116-35-37-117(52-82(127)128)33-31-115(39-40-120)32-34-118(38-36-116)53-83(129)130)105-87(133)70(43-59-23-24-60-15-6-7-16-61(60)41-59)106-89(135)72(46-79(98)123)108-88(134)69(107-93(76)139)42-58-25-28-100-29-26-58/h6-11,15-20,23-24,40-41,49-50,56,58,68-78,84,100,102-103,121H,12-14,21-22,25-39,42-48,51-55H2,1-5H3,(H2,98,123)(H2,99,131)(H,101,124)(H,104,122)(H,105,133)(H,106,135)(H,107,139)(H,108,134)(H,109,132)(H,110,140)(H,111,141)(H,112,136)(H,113,138)(H,114,137)(H,125,126)(H,127,128)(H,129,130)/t56-,68+,69+,70+,71+,72+,73+,74+,75+,76+,77+,78+,84+/m1/s1. The molecule has 4 aliphatic rings. The number of nitrogens with zero attached hydrogens (tertiary/aromatic N) is 5. The van der Waals surface area contributed by atoms with Crippen molar-refractivity contribution in [2.75, 3.05) is 116 Å². The summed E-state index contributed by atoms with van der Waals surface area (Å²) in [5, 5.41) is 79.7. The Morgan fingerprint density at radius 2 is 1.08 bits per heavy atom. The second kappa shape index (κ2) is 55.0. The maximum absolute atomic E-state index is 15.8. The molecule has 2 aromatic heterocycles. The summed E-state index contributed by atoms with van der Waals surface area (Å²) in [4.78, 5) is 286. The van der Waals surface area contributed by atoms with Crippen LogP contribution in [0.3, 0.4) is 0 Å². The molecule has 782 valence electrons. The molecule has 23 N–H and O–H groups in total. The summed E-state index contributed by atoms with van der Waals surface area (Å²) in [6, 6.07) is 5.92. The lowest BCUT2D eigenvalue weighted by Gasteiger charge is -2.32. The van der Waals surface area contributed by atoms with E-state index >= 15 is 43.2 Å². The van der Waals surface area contributed by atoms with Crippen LogP contribution in [0.4, 0.5) is 0 Å². The predicted molar refractivity (Wildman–Crippen MR) is 533 cm³/mol. The Hall–Kier alpha value is -13.2. The van der Waals surface area contributed by atoms with E-state index in [-0.39, 0.29) is 149 Å². The molecule has 4 aliphatic heterocycles. The summed E-state index contributed by atoms with van der Waals surface area (Å²) >= 11 is 0. The van der Waals surface area contributed by atoms with E-state index in [9.17, 15) is 68.4 Å². The molecular formula is C97H134N22O23S2. The maximum Gasteiger partial charge on any atom is 0.317 e. The number of carbonyl (C=O) groups is 19. The number of amides is 15. The molecule has 4 aromatic carbocycles. The summed E-state index contributed by atoms with van der Waals surface area (Å²) in [5.41, 5.74) is 13.8. The number of likely N-dealkylation sites (tertiary alicyclic amines) is 1. The first kappa shape index (κ1) is 113. The SMILES string of the molecule is CC(=O)N[C@@H](Cc1c[nH]c2ccccc12)C(=O)N[C@H](C(=O)N[C@@H](CC(C)(C)C)C(=O)N[C@H]1CSSC[C@@H](C(=O)N[C@@H](Cc2c[nH]c3ccccc23)C(=O)N2CCC[C@H]2C(N)=O)NC(=O)[C@H](CC(=O)O)NC(=O)[C@H](CCCCNC(=O)CN2CCN(CC(=O)O)CCN(CC=O)CCN(CC(=O)O)CC2)NC(=O)[C@H](Cc2ccc3ccccc3c2)NC(=O)[C@H](CC(N)=O)NC(=O)[C@H](CC2CCNCC2)NC1=O)[C@@H](C)O. The van der Waals surface area contributed by atoms with Crippen molar-refractivity contribution in [1.82, 2.24) is 104 Å².